The van der Waals surface area contributed by atoms with Crippen LogP contribution in [0.2, 0.25) is 0 Å². The Morgan fingerprint density at radius 3 is 2.42 bits per heavy atom. The van der Waals surface area contributed by atoms with Gasteiger partial charge in [-0.25, -0.2) is 13.1 Å². The maximum absolute atomic E-state index is 12.0. The van der Waals surface area contributed by atoms with Gasteiger partial charge in [-0.3, -0.25) is 4.79 Å². The Morgan fingerprint density at radius 2 is 1.89 bits per heavy atom. The Labute approximate surface area is 114 Å². The molecule has 0 aliphatic rings. The first-order valence-electron chi connectivity index (χ1n) is 6.29. The van der Waals surface area contributed by atoms with E-state index in [9.17, 15) is 13.2 Å². The number of nitrogens with one attached hydrogen (secondary N) is 2. The smallest absolute Gasteiger partial charge is 0.251 e. The molecule has 0 spiro atoms. The van der Waals surface area contributed by atoms with Crippen molar-refractivity contribution in [3.8, 4) is 0 Å². The average molecular weight is 284 g/mol. The molecule has 0 heterocycles. The minimum Gasteiger partial charge on any atom is -0.349 e. The Hall–Kier alpha value is -1.40. The van der Waals surface area contributed by atoms with E-state index in [0.29, 0.717) is 5.56 Å². The fourth-order valence-electron chi connectivity index (χ4n) is 1.68. The van der Waals surface area contributed by atoms with Gasteiger partial charge in [0.2, 0.25) is 10.0 Å². The molecule has 1 amide bonds. The quantitative estimate of drug-likeness (QED) is 0.831. The molecule has 0 unspecified atom stereocenters. The number of carbonyl (C=O) groups is 1. The predicted molar refractivity (Wildman–Crippen MR) is 74.5 cm³/mol. The molecular weight excluding hydrogens is 264 g/mol. The SMILES string of the molecule is CCC(CC)NC(=O)c1cccc(S(=O)(=O)NC)c1. The van der Waals surface area contributed by atoms with Gasteiger partial charge in [0.25, 0.3) is 5.91 Å². The molecule has 0 fully saturated rings. The first-order valence-corrected chi connectivity index (χ1v) is 7.77. The molecule has 2 N–H and O–H groups in total. The maximum Gasteiger partial charge on any atom is 0.251 e. The van der Waals surface area contributed by atoms with E-state index in [1.807, 2.05) is 13.8 Å². The summed E-state index contributed by atoms with van der Waals surface area (Å²) in [6, 6.07) is 6.11. The topological polar surface area (TPSA) is 75.3 Å². The van der Waals surface area contributed by atoms with Crippen molar-refractivity contribution >= 4 is 15.9 Å². The lowest BCUT2D eigenvalue weighted by atomic mass is 10.1. The molecule has 1 aromatic rings. The Morgan fingerprint density at radius 1 is 1.26 bits per heavy atom. The maximum atomic E-state index is 12.0. The monoisotopic (exact) mass is 284 g/mol. The molecule has 0 aliphatic heterocycles. The number of carbonyl (C=O) groups excluding carboxylic acids is 1. The highest BCUT2D eigenvalue weighted by Gasteiger charge is 2.15. The summed E-state index contributed by atoms with van der Waals surface area (Å²) in [5.74, 6) is -0.248. The molecular formula is C13H20N2O3S. The normalized spacial score (nSPS) is 11.6. The second-order valence-corrected chi connectivity index (χ2v) is 6.11. The van der Waals surface area contributed by atoms with Crippen molar-refractivity contribution in [2.24, 2.45) is 0 Å². The molecule has 0 radical (unpaired) electrons. The Kier molecular flexibility index (Phi) is 5.50. The summed E-state index contributed by atoms with van der Waals surface area (Å²) in [6.45, 7) is 3.99. The van der Waals surface area contributed by atoms with Gasteiger partial charge in [0, 0.05) is 11.6 Å². The molecule has 0 bridgehead atoms. The predicted octanol–water partition coefficient (Wildman–Crippen LogP) is 1.51. The van der Waals surface area contributed by atoms with Crippen LogP contribution in [0.3, 0.4) is 0 Å². The van der Waals surface area contributed by atoms with E-state index in [-0.39, 0.29) is 16.8 Å². The first kappa shape index (κ1) is 15.7. The molecule has 0 aliphatic carbocycles. The highest BCUT2D eigenvalue weighted by molar-refractivity contribution is 7.89. The van der Waals surface area contributed by atoms with Crippen LogP contribution in [-0.2, 0) is 10.0 Å². The number of hydrogen-bond acceptors (Lipinski definition) is 3. The van der Waals surface area contributed by atoms with Crippen molar-refractivity contribution in [2.45, 2.75) is 37.6 Å². The summed E-state index contributed by atoms with van der Waals surface area (Å²) < 4.78 is 25.6. The van der Waals surface area contributed by atoms with Crippen LogP contribution >= 0.6 is 0 Å². The van der Waals surface area contributed by atoms with Gasteiger partial charge in [-0.05, 0) is 38.1 Å². The number of sulfonamides is 1. The van der Waals surface area contributed by atoms with Crippen LogP contribution in [-0.4, -0.2) is 27.4 Å². The summed E-state index contributed by atoms with van der Waals surface area (Å²) in [6.07, 6.45) is 1.69. The van der Waals surface area contributed by atoms with Gasteiger partial charge in [0.15, 0.2) is 0 Å². The van der Waals surface area contributed by atoms with Gasteiger partial charge < -0.3 is 5.32 Å². The van der Waals surface area contributed by atoms with Crippen LogP contribution < -0.4 is 10.0 Å². The van der Waals surface area contributed by atoms with E-state index < -0.39 is 10.0 Å². The molecule has 6 heteroatoms. The number of rotatable bonds is 6. The largest absolute Gasteiger partial charge is 0.349 e. The molecule has 19 heavy (non-hydrogen) atoms. The lowest BCUT2D eigenvalue weighted by Gasteiger charge is -2.15. The summed E-state index contributed by atoms with van der Waals surface area (Å²) >= 11 is 0. The molecule has 1 rings (SSSR count). The van der Waals surface area contributed by atoms with Crippen molar-refractivity contribution in [1.29, 1.82) is 0 Å². The summed E-state index contributed by atoms with van der Waals surface area (Å²) in [7, 11) is -2.18. The zero-order valence-corrected chi connectivity index (χ0v) is 12.3. The van der Waals surface area contributed by atoms with Crippen LogP contribution in [0.1, 0.15) is 37.0 Å². The van der Waals surface area contributed by atoms with E-state index in [4.69, 9.17) is 0 Å². The van der Waals surface area contributed by atoms with Crippen LogP contribution in [0.5, 0.6) is 0 Å². The highest BCUT2D eigenvalue weighted by atomic mass is 32.2. The van der Waals surface area contributed by atoms with Crippen molar-refractivity contribution in [3.63, 3.8) is 0 Å². The third kappa shape index (κ3) is 4.04. The summed E-state index contributed by atoms with van der Waals surface area (Å²) in [4.78, 5) is 12.1. The fraction of sp³-hybridized carbons (Fsp3) is 0.462. The van der Waals surface area contributed by atoms with Crippen LogP contribution in [0.15, 0.2) is 29.2 Å². The number of benzene rings is 1. The Balaban J connectivity index is 2.97. The fourth-order valence-corrected chi connectivity index (χ4v) is 2.46. The third-order valence-electron chi connectivity index (χ3n) is 3.00. The molecule has 0 saturated heterocycles. The second-order valence-electron chi connectivity index (χ2n) is 4.22. The third-order valence-corrected chi connectivity index (χ3v) is 4.41. The van der Waals surface area contributed by atoms with Gasteiger partial charge in [-0.1, -0.05) is 19.9 Å². The summed E-state index contributed by atoms with van der Waals surface area (Å²) in [5.41, 5.74) is 0.350. The molecule has 0 aromatic heterocycles. The second kappa shape index (κ2) is 6.68. The van der Waals surface area contributed by atoms with Crippen molar-refractivity contribution in [3.05, 3.63) is 29.8 Å². The van der Waals surface area contributed by atoms with E-state index in [1.165, 1.54) is 19.2 Å². The Bertz CT molecular complexity index is 537. The highest BCUT2D eigenvalue weighted by Crippen LogP contribution is 2.11. The number of hydrogen-bond donors (Lipinski definition) is 2. The van der Waals surface area contributed by atoms with Crippen LogP contribution in [0, 0.1) is 0 Å². The lowest BCUT2D eigenvalue weighted by molar-refractivity contribution is 0.0934. The van der Waals surface area contributed by atoms with Gasteiger partial charge >= 0.3 is 0 Å². The molecule has 0 saturated carbocycles. The van der Waals surface area contributed by atoms with E-state index >= 15 is 0 Å². The van der Waals surface area contributed by atoms with E-state index in [1.54, 1.807) is 12.1 Å². The standard InChI is InChI=1S/C13H20N2O3S/c1-4-11(5-2)15-13(16)10-7-6-8-12(9-10)19(17,18)14-3/h6-9,11,14H,4-5H2,1-3H3,(H,15,16). The van der Waals surface area contributed by atoms with Gasteiger partial charge in [0.1, 0.15) is 0 Å². The molecule has 0 atom stereocenters. The molecule has 5 nitrogen and oxygen atoms in total. The molecule has 1 aromatic carbocycles. The van der Waals surface area contributed by atoms with Gasteiger partial charge in [0.05, 0.1) is 4.90 Å². The van der Waals surface area contributed by atoms with Crippen LogP contribution in [0.4, 0.5) is 0 Å². The van der Waals surface area contributed by atoms with Crippen molar-refractivity contribution in [1.82, 2.24) is 10.0 Å². The minimum absolute atomic E-state index is 0.0900. The summed E-state index contributed by atoms with van der Waals surface area (Å²) in [5, 5.41) is 2.88. The zero-order valence-electron chi connectivity index (χ0n) is 11.4. The minimum atomic E-state index is -3.52. The average Bonchev–Trinajstić information content (AvgIpc) is 2.44. The van der Waals surface area contributed by atoms with E-state index in [2.05, 4.69) is 10.0 Å². The lowest BCUT2D eigenvalue weighted by Crippen LogP contribution is -2.33. The molecule has 106 valence electrons. The van der Waals surface area contributed by atoms with Crippen LogP contribution in [0.25, 0.3) is 0 Å². The van der Waals surface area contributed by atoms with E-state index in [0.717, 1.165) is 12.8 Å². The van der Waals surface area contributed by atoms with Gasteiger partial charge in [-0.15, -0.1) is 0 Å². The first-order chi connectivity index (χ1) is 8.94. The van der Waals surface area contributed by atoms with Crippen molar-refractivity contribution in [2.75, 3.05) is 7.05 Å². The zero-order chi connectivity index (χ0) is 14.5. The number of amides is 1. The van der Waals surface area contributed by atoms with Gasteiger partial charge in [-0.2, -0.15) is 0 Å². The van der Waals surface area contributed by atoms with Crippen molar-refractivity contribution < 1.29 is 13.2 Å².